The highest BCUT2D eigenvalue weighted by Crippen LogP contribution is 2.23. The molecule has 0 aliphatic rings. The Bertz CT molecular complexity index is 684. The first-order valence-electron chi connectivity index (χ1n) is 5.78. The SMILES string of the molecule is Cc1cc(F)cc(C)c1C(=O)c1ccc(F)c(F)c1F. The van der Waals surface area contributed by atoms with Crippen LogP contribution in [0.15, 0.2) is 24.3 Å². The third kappa shape index (κ3) is 2.31. The topological polar surface area (TPSA) is 17.1 Å². The van der Waals surface area contributed by atoms with Gasteiger partial charge < -0.3 is 0 Å². The third-order valence-electron chi connectivity index (χ3n) is 3.00. The molecule has 20 heavy (non-hydrogen) atoms. The maximum absolute atomic E-state index is 13.6. The van der Waals surface area contributed by atoms with Crippen LogP contribution in [0.3, 0.4) is 0 Å². The van der Waals surface area contributed by atoms with E-state index < -0.39 is 34.6 Å². The summed E-state index contributed by atoms with van der Waals surface area (Å²) in [6.07, 6.45) is 0. The van der Waals surface area contributed by atoms with Crippen molar-refractivity contribution in [3.8, 4) is 0 Å². The molecule has 0 fully saturated rings. The summed E-state index contributed by atoms with van der Waals surface area (Å²) in [4.78, 5) is 12.2. The number of ketones is 1. The summed E-state index contributed by atoms with van der Waals surface area (Å²) in [5.74, 6) is -5.95. The Labute approximate surface area is 112 Å². The highest BCUT2D eigenvalue weighted by molar-refractivity contribution is 6.11. The Hall–Kier alpha value is -2.17. The first kappa shape index (κ1) is 14.2. The smallest absolute Gasteiger partial charge is 0.196 e. The molecule has 0 atom stereocenters. The summed E-state index contributed by atoms with van der Waals surface area (Å²) in [5.41, 5.74) is 0.103. The van der Waals surface area contributed by atoms with Gasteiger partial charge in [-0.2, -0.15) is 0 Å². The van der Waals surface area contributed by atoms with E-state index in [1.54, 1.807) is 0 Å². The zero-order valence-electron chi connectivity index (χ0n) is 10.7. The Morgan fingerprint density at radius 2 is 1.45 bits per heavy atom. The predicted octanol–water partition coefficient (Wildman–Crippen LogP) is 4.09. The van der Waals surface area contributed by atoms with Crippen molar-refractivity contribution in [3.05, 3.63) is 69.8 Å². The van der Waals surface area contributed by atoms with Crippen LogP contribution >= 0.6 is 0 Å². The number of carbonyl (C=O) groups excluding carboxylic acids is 1. The lowest BCUT2D eigenvalue weighted by Crippen LogP contribution is -2.11. The van der Waals surface area contributed by atoms with Gasteiger partial charge in [-0.1, -0.05) is 0 Å². The van der Waals surface area contributed by atoms with Crippen LogP contribution in [0, 0.1) is 37.1 Å². The van der Waals surface area contributed by atoms with Crippen molar-refractivity contribution in [1.82, 2.24) is 0 Å². The lowest BCUT2D eigenvalue weighted by molar-refractivity contribution is 0.103. The Kier molecular flexibility index (Phi) is 3.61. The Morgan fingerprint density at radius 3 is 2.00 bits per heavy atom. The van der Waals surface area contributed by atoms with Gasteiger partial charge in [-0.3, -0.25) is 4.79 Å². The van der Waals surface area contributed by atoms with Crippen molar-refractivity contribution in [2.24, 2.45) is 0 Å². The van der Waals surface area contributed by atoms with Gasteiger partial charge in [0.25, 0.3) is 0 Å². The van der Waals surface area contributed by atoms with Crippen LogP contribution in [0.2, 0.25) is 0 Å². The molecule has 0 N–H and O–H groups in total. The molecule has 2 rings (SSSR count). The van der Waals surface area contributed by atoms with Gasteiger partial charge in [-0.25, -0.2) is 17.6 Å². The average molecular weight is 282 g/mol. The van der Waals surface area contributed by atoms with E-state index in [-0.39, 0.29) is 5.56 Å². The van der Waals surface area contributed by atoms with E-state index in [4.69, 9.17) is 0 Å². The van der Waals surface area contributed by atoms with Gasteiger partial charge in [0.2, 0.25) is 0 Å². The minimum atomic E-state index is -1.70. The number of benzene rings is 2. The van der Waals surface area contributed by atoms with Gasteiger partial charge >= 0.3 is 0 Å². The number of hydrogen-bond acceptors (Lipinski definition) is 1. The molecule has 2 aromatic carbocycles. The zero-order chi connectivity index (χ0) is 15.0. The van der Waals surface area contributed by atoms with Crippen LogP contribution in [-0.2, 0) is 0 Å². The molecule has 0 spiro atoms. The van der Waals surface area contributed by atoms with Crippen LogP contribution < -0.4 is 0 Å². The molecule has 0 aliphatic carbocycles. The third-order valence-corrected chi connectivity index (χ3v) is 3.00. The van der Waals surface area contributed by atoms with Crippen molar-refractivity contribution in [3.63, 3.8) is 0 Å². The summed E-state index contributed by atoms with van der Waals surface area (Å²) in [5, 5.41) is 0. The lowest BCUT2D eigenvalue weighted by Gasteiger charge is -2.10. The highest BCUT2D eigenvalue weighted by Gasteiger charge is 2.22. The van der Waals surface area contributed by atoms with E-state index >= 15 is 0 Å². The standard InChI is InChI=1S/C15H10F4O/c1-7-5-9(16)6-8(2)12(7)15(20)10-3-4-11(17)14(19)13(10)18/h3-6H,1-2H3. The van der Waals surface area contributed by atoms with Gasteiger partial charge in [0.05, 0.1) is 5.56 Å². The molecule has 0 saturated heterocycles. The van der Waals surface area contributed by atoms with E-state index in [9.17, 15) is 22.4 Å². The van der Waals surface area contributed by atoms with Gasteiger partial charge in [-0.15, -0.1) is 0 Å². The summed E-state index contributed by atoms with van der Waals surface area (Å²) in [7, 11) is 0. The molecule has 1 nitrogen and oxygen atoms in total. The largest absolute Gasteiger partial charge is 0.288 e. The molecular formula is C15H10F4O. The van der Waals surface area contributed by atoms with Gasteiger partial charge in [0.15, 0.2) is 23.2 Å². The van der Waals surface area contributed by atoms with Crippen molar-refractivity contribution < 1.29 is 22.4 Å². The fourth-order valence-corrected chi connectivity index (χ4v) is 2.10. The van der Waals surface area contributed by atoms with Crippen molar-refractivity contribution in [2.75, 3.05) is 0 Å². The molecule has 0 saturated carbocycles. The fourth-order valence-electron chi connectivity index (χ4n) is 2.10. The summed E-state index contributed by atoms with van der Waals surface area (Å²) >= 11 is 0. The molecule has 0 aliphatic heterocycles. The maximum atomic E-state index is 13.6. The second kappa shape index (κ2) is 5.07. The zero-order valence-corrected chi connectivity index (χ0v) is 10.7. The van der Waals surface area contributed by atoms with Crippen LogP contribution in [0.5, 0.6) is 0 Å². The minimum absolute atomic E-state index is 0.0799. The number of rotatable bonds is 2. The second-order valence-electron chi connectivity index (χ2n) is 4.47. The highest BCUT2D eigenvalue weighted by atomic mass is 19.2. The minimum Gasteiger partial charge on any atom is -0.288 e. The molecule has 0 aromatic heterocycles. The molecule has 104 valence electrons. The maximum Gasteiger partial charge on any atom is 0.196 e. The molecule has 2 aromatic rings. The summed E-state index contributed by atoms with van der Waals surface area (Å²) in [6, 6.07) is 3.80. The van der Waals surface area contributed by atoms with E-state index in [0.29, 0.717) is 17.2 Å². The Balaban J connectivity index is 2.61. The van der Waals surface area contributed by atoms with E-state index in [0.717, 1.165) is 18.2 Å². The van der Waals surface area contributed by atoms with Crippen molar-refractivity contribution in [2.45, 2.75) is 13.8 Å². The van der Waals surface area contributed by atoms with Gasteiger partial charge in [-0.05, 0) is 49.2 Å². The second-order valence-corrected chi connectivity index (χ2v) is 4.47. The molecule has 0 bridgehead atoms. The number of hydrogen-bond donors (Lipinski definition) is 0. The number of halogens is 4. The van der Waals surface area contributed by atoms with Crippen LogP contribution in [-0.4, -0.2) is 5.78 Å². The normalized spacial score (nSPS) is 10.7. The monoisotopic (exact) mass is 282 g/mol. The quantitative estimate of drug-likeness (QED) is 0.460. The van der Waals surface area contributed by atoms with Crippen LogP contribution in [0.25, 0.3) is 0 Å². The molecular weight excluding hydrogens is 272 g/mol. The summed E-state index contributed by atoms with van der Waals surface area (Å²) in [6.45, 7) is 2.97. The van der Waals surface area contributed by atoms with E-state index in [1.807, 2.05) is 0 Å². The summed E-state index contributed by atoms with van der Waals surface area (Å²) < 4.78 is 52.8. The van der Waals surface area contributed by atoms with Crippen LogP contribution in [0.4, 0.5) is 17.6 Å². The molecule has 0 heterocycles. The van der Waals surface area contributed by atoms with Crippen molar-refractivity contribution in [1.29, 1.82) is 0 Å². The van der Waals surface area contributed by atoms with E-state index in [2.05, 4.69) is 0 Å². The molecule has 0 radical (unpaired) electrons. The molecule has 0 unspecified atom stereocenters. The number of carbonyl (C=O) groups is 1. The Morgan fingerprint density at radius 1 is 0.900 bits per heavy atom. The average Bonchev–Trinajstić information content (AvgIpc) is 2.34. The molecule has 0 amide bonds. The predicted molar refractivity (Wildman–Crippen MR) is 65.6 cm³/mol. The number of aryl methyl sites for hydroxylation is 2. The van der Waals surface area contributed by atoms with Crippen molar-refractivity contribution >= 4 is 5.78 Å². The van der Waals surface area contributed by atoms with E-state index in [1.165, 1.54) is 13.8 Å². The van der Waals surface area contributed by atoms with Crippen LogP contribution in [0.1, 0.15) is 27.0 Å². The first-order chi connectivity index (χ1) is 9.32. The fraction of sp³-hybridized carbons (Fsp3) is 0.133. The first-order valence-corrected chi connectivity index (χ1v) is 5.78. The van der Waals surface area contributed by atoms with Gasteiger partial charge in [0.1, 0.15) is 5.82 Å². The molecule has 5 heteroatoms. The van der Waals surface area contributed by atoms with Gasteiger partial charge in [0, 0.05) is 5.56 Å². The lowest BCUT2D eigenvalue weighted by atomic mass is 9.94.